The Kier molecular flexibility index (Phi) is 2.40. The van der Waals surface area contributed by atoms with E-state index in [0.29, 0.717) is 11.9 Å². The summed E-state index contributed by atoms with van der Waals surface area (Å²) in [4.78, 5) is 8.60. The van der Waals surface area contributed by atoms with Crippen molar-refractivity contribution in [2.75, 3.05) is 0 Å². The summed E-state index contributed by atoms with van der Waals surface area (Å²) in [5, 5.41) is 1.18. The van der Waals surface area contributed by atoms with E-state index in [1.807, 2.05) is 12.3 Å². The highest BCUT2D eigenvalue weighted by atomic mass is 32.1. The highest BCUT2D eigenvalue weighted by Crippen LogP contribution is 2.23. The topological polar surface area (TPSA) is 43.6 Å². The van der Waals surface area contributed by atoms with Crippen molar-refractivity contribution in [1.82, 2.24) is 18.9 Å². The molecule has 0 aliphatic carbocycles. The molecule has 3 rings (SSSR count). The van der Waals surface area contributed by atoms with E-state index < -0.39 is 0 Å². The second kappa shape index (κ2) is 3.92. The summed E-state index contributed by atoms with van der Waals surface area (Å²) < 4.78 is 6.41. The molecular formula is C12H12N4S. The first-order valence-corrected chi connectivity index (χ1v) is 6.32. The molecule has 0 bridgehead atoms. The fourth-order valence-electron chi connectivity index (χ4n) is 1.91. The van der Waals surface area contributed by atoms with Gasteiger partial charge in [0, 0.05) is 17.6 Å². The van der Waals surface area contributed by atoms with Crippen LogP contribution < -0.4 is 0 Å². The number of fused-ring (bicyclic) bond motifs is 1. The summed E-state index contributed by atoms with van der Waals surface area (Å²) in [7, 11) is 0. The Morgan fingerprint density at radius 2 is 2.18 bits per heavy atom. The lowest BCUT2D eigenvalue weighted by molar-refractivity contribution is 0.622. The Morgan fingerprint density at radius 3 is 2.88 bits per heavy atom. The van der Waals surface area contributed by atoms with Crippen molar-refractivity contribution in [3.05, 3.63) is 30.0 Å². The first-order valence-electron chi connectivity index (χ1n) is 5.49. The summed E-state index contributed by atoms with van der Waals surface area (Å²) in [6.07, 6.45) is 3.99. The van der Waals surface area contributed by atoms with Gasteiger partial charge in [0.1, 0.15) is 11.2 Å². The standard InChI is InChI=1S/C12H12N4S/c1-8(2)16-4-3-9-5-10(13-6-11(9)16)12-14-7-17-15-12/h3-8H,1-2H3. The van der Waals surface area contributed by atoms with Crippen LogP contribution in [0.15, 0.2) is 30.0 Å². The summed E-state index contributed by atoms with van der Waals surface area (Å²) >= 11 is 1.34. The van der Waals surface area contributed by atoms with E-state index >= 15 is 0 Å². The second-order valence-corrected chi connectivity index (χ2v) is 4.80. The van der Waals surface area contributed by atoms with Gasteiger partial charge in [0.2, 0.25) is 0 Å². The molecule has 5 heteroatoms. The van der Waals surface area contributed by atoms with Gasteiger partial charge in [-0.2, -0.15) is 4.37 Å². The van der Waals surface area contributed by atoms with E-state index in [1.165, 1.54) is 16.9 Å². The Morgan fingerprint density at radius 1 is 1.29 bits per heavy atom. The van der Waals surface area contributed by atoms with Crippen LogP contribution in [0, 0.1) is 0 Å². The van der Waals surface area contributed by atoms with E-state index in [2.05, 4.69) is 45.0 Å². The number of aromatic nitrogens is 4. The molecule has 0 aliphatic heterocycles. The van der Waals surface area contributed by atoms with Gasteiger partial charge in [-0.05, 0) is 37.5 Å². The molecule has 3 aromatic rings. The molecule has 0 radical (unpaired) electrons. The molecule has 0 saturated carbocycles. The lowest BCUT2D eigenvalue weighted by atomic mass is 10.2. The molecule has 0 fully saturated rings. The largest absolute Gasteiger partial charge is 0.344 e. The van der Waals surface area contributed by atoms with Crippen LogP contribution in [0.3, 0.4) is 0 Å². The monoisotopic (exact) mass is 244 g/mol. The highest BCUT2D eigenvalue weighted by Gasteiger charge is 2.08. The van der Waals surface area contributed by atoms with Crippen LogP contribution in [-0.4, -0.2) is 18.9 Å². The average molecular weight is 244 g/mol. The molecule has 0 aromatic carbocycles. The first kappa shape index (κ1) is 10.4. The third kappa shape index (κ3) is 1.72. The summed E-state index contributed by atoms with van der Waals surface area (Å²) in [6.45, 7) is 4.32. The molecule has 0 aliphatic rings. The molecule has 3 aromatic heterocycles. The van der Waals surface area contributed by atoms with Crippen molar-refractivity contribution in [2.45, 2.75) is 19.9 Å². The van der Waals surface area contributed by atoms with Crippen LogP contribution in [0.25, 0.3) is 22.4 Å². The van der Waals surface area contributed by atoms with E-state index in [4.69, 9.17) is 0 Å². The molecule has 0 spiro atoms. The van der Waals surface area contributed by atoms with Crippen molar-refractivity contribution >= 4 is 22.4 Å². The van der Waals surface area contributed by atoms with Gasteiger partial charge in [0.25, 0.3) is 0 Å². The SMILES string of the molecule is CC(C)n1ccc2cc(-c3ncsn3)ncc21. The predicted molar refractivity (Wildman–Crippen MR) is 69.0 cm³/mol. The quantitative estimate of drug-likeness (QED) is 0.695. The predicted octanol–water partition coefficient (Wildman–Crippen LogP) is 3.14. The van der Waals surface area contributed by atoms with Gasteiger partial charge >= 0.3 is 0 Å². The molecule has 0 unspecified atom stereocenters. The minimum atomic E-state index is 0.442. The normalized spacial score (nSPS) is 11.5. The van der Waals surface area contributed by atoms with Gasteiger partial charge < -0.3 is 4.57 Å². The molecule has 4 nitrogen and oxygen atoms in total. The third-order valence-electron chi connectivity index (χ3n) is 2.75. The Balaban J connectivity index is 2.15. The number of pyridine rings is 1. The molecule has 0 saturated heterocycles. The molecule has 3 heterocycles. The zero-order valence-electron chi connectivity index (χ0n) is 9.66. The Labute approximate surface area is 103 Å². The van der Waals surface area contributed by atoms with Gasteiger partial charge in [-0.1, -0.05) is 0 Å². The molecule has 86 valence electrons. The van der Waals surface area contributed by atoms with E-state index in [0.717, 1.165) is 11.2 Å². The first-order chi connectivity index (χ1) is 8.25. The summed E-state index contributed by atoms with van der Waals surface area (Å²) in [5.74, 6) is 0.703. The maximum Gasteiger partial charge on any atom is 0.191 e. The van der Waals surface area contributed by atoms with E-state index in [1.54, 1.807) is 5.51 Å². The number of nitrogens with zero attached hydrogens (tertiary/aromatic N) is 4. The molecule has 0 atom stereocenters. The van der Waals surface area contributed by atoms with Crippen LogP contribution in [0.5, 0.6) is 0 Å². The van der Waals surface area contributed by atoms with Crippen LogP contribution in [0.1, 0.15) is 19.9 Å². The van der Waals surface area contributed by atoms with Gasteiger partial charge in [0.05, 0.1) is 11.7 Å². The minimum Gasteiger partial charge on any atom is -0.344 e. The zero-order valence-corrected chi connectivity index (χ0v) is 10.5. The highest BCUT2D eigenvalue weighted by molar-refractivity contribution is 7.03. The van der Waals surface area contributed by atoms with Crippen LogP contribution in [0.4, 0.5) is 0 Å². The van der Waals surface area contributed by atoms with E-state index in [-0.39, 0.29) is 0 Å². The maximum absolute atomic E-state index is 4.43. The number of hydrogen-bond donors (Lipinski definition) is 0. The fraction of sp³-hybridized carbons (Fsp3) is 0.250. The van der Waals surface area contributed by atoms with Crippen LogP contribution in [-0.2, 0) is 0 Å². The lowest BCUT2D eigenvalue weighted by Gasteiger charge is -2.08. The zero-order chi connectivity index (χ0) is 11.8. The maximum atomic E-state index is 4.43. The van der Waals surface area contributed by atoms with Gasteiger partial charge in [0.15, 0.2) is 5.82 Å². The lowest BCUT2D eigenvalue weighted by Crippen LogP contribution is -1.98. The summed E-state index contributed by atoms with van der Waals surface area (Å²) in [6, 6.07) is 4.58. The number of rotatable bonds is 2. The average Bonchev–Trinajstić information content (AvgIpc) is 2.97. The van der Waals surface area contributed by atoms with Gasteiger partial charge in [-0.25, -0.2) is 4.98 Å². The third-order valence-corrected chi connectivity index (χ3v) is 3.23. The Bertz CT molecular complexity index is 640. The Hall–Kier alpha value is -1.75. The van der Waals surface area contributed by atoms with Crippen LogP contribution in [0.2, 0.25) is 0 Å². The second-order valence-electron chi connectivity index (χ2n) is 4.20. The number of hydrogen-bond acceptors (Lipinski definition) is 4. The van der Waals surface area contributed by atoms with E-state index in [9.17, 15) is 0 Å². The molecule has 17 heavy (non-hydrogen) atoms. The molecule has 0 amide bonds. The van der Waals surface area contributed by atoms with Crippen LogP contribution >= 0.6 is 11.5 Å². The van der Waals surface area contributed by atoms with Gasteiger partial charge in [-0.3, -0.25) is 4.98 Å². The molecule has 0 N–H and O–H groups in total. The molecular weight excluding hydrogens is 232 g/mol. The smallest absolute Gasteiger partial charge is 0.191 e. The van der Waals surface area contributed by atoms with Crippen molar-refractivity contribution in [1.29, 1.82) is 0 Å². The van der Waals surface area contributed by atoms with Crippen molar-refractivity contribution < 1.29 is 0 Å². The van der Waals surface area contributed by atoms with Crippen molar-refractivity contribution in [3.63, 3.8) is 0 Å². The minimum absolute atomic E-state index is 0.442. The van der Waals surface area contributed by atoms with Crippen molar-refractivity contribution in [3.8, 4) is 11.5 Å². The van der Waals surface area contributed by atoms with Crippen molar-refractivity contribution in [2.24, 2.45) is 0 Å². The van der Waals surface area contributed by atoms with Gasteiger partial charge in [-0.15, -0.1) is 0 Å². The fourth-order valence-corrected chi connectivity index (χ4v) is 2.34. The summed E-state index contributed by atoms with van der Waals surface area (Å²) in [5.41, 5.74) is 3.71.